The third-order valence-electron chi connectivity index (χ3n) is 4.85. The summed E-state index contributed by atoms with van der Waals surface area (Å²) in [5.41, 5.74) is 3.83. The molecule has 0 amide bonds. The summed E-state index contributed by atoms with van der Waals surface area (Å²) < 4.78 is 0. The first-order valence-electron chi connectivity index (χ1n) is 7.20. The van der Waals surface area contributed by atoms with E-state index in [-0.39, 0.29) is 10.6 Å². The highest BCUT2D eigenvalue weighted by atomic mass is 16.6. The zero-order valence-electron chi connectivity index (χ0n) is 11.2. The zero-order valence-corrected chi connectivity index (χ0v) is 11.2. The van der Waals surface area contributed by atoms with Gasteiger partial charge in [-0.25, -0.2) is 0 Å². The number of fused-ring (bicyclic) bond motifs is 3. The second kappa shape index (κ2) is 4.23. The number of non-ortho nitro benzene ring substituents is 1. The maximum Gasteiger partial charge on any atom is 0.271 e. The lowest BCUT2D eigenvalue weighted by Crippen LogP contribution is -2.37. The van der Waals surface area contributed by atoms with Crippen molar-refractivity contribution in [2.45, 2.75) is 18.8 Å². The van der Waals surface area contributed by atoms with Crippen LogP contribution in [0.15, 0.2) is 30.0 Å². The minimum atomic E-state index is -0.331. The molecule has 1 aromatic carbocycles. The third kappa shape index (κ3) is 1.69. The van der Waals surface area contributed by atoms with Crippen LogP contribution in [0, 0.1) is 16.0 Å². The Morgan fingerprint density at radius 2 is 2.10 bits per heavy atom. The van der Waals surface area contributed by atoms with Crippen LogP contribution < -0.4 is 5.32 Å². The summed E-state index contributed by atoms with van der Waals surface area (Å²) in [5.74, 6) is 1.09. The maximum atomic E-state index is 10.8. The number of nitrogens with one attached hydrogen (secondary N) is 1. The summed E-state index contributed by atoms with van der Waals surface area (Å²) in [6, 6.07) is 5.22. The van der Waals surface area contributed by atoms with E-state index in [0.717, 1.165) is 12.2 Å². The number of nitro benzene ring substituents is 1. The quantitative estimate of drug-likeness (QED) is 0.663. The number of benzene rings is 1. The molecular formula is C15H17N3O2. The van der Waals surface area contributed by atoms with Gasteiger partial charge in [-0.05, 0) is 42.2 Å². The van der Waals surface area contributed by atoms with E-state index in [1.54, 1.807) is 12.1 Å². The molecule has 4 heterocycles. The highest BCUT2D eigenvalue weighted by Gasteiger charge is 2.35. The fourth-order valence-corrected chi connectivity index (χ4v) is 3.79. The first-order chi connectivity index (χ1) is 9.72. The molecule has 0 saturated carbocycles. The number of nitrogens with zero attached hydrogens (tertiary/aromatic N) is 2. The molecule has 0 radical (unpaired) electrons. The topological polar surface area (TPSA) is 58.4 Å². The van der Waals surface area contributed by atoms with E-state index < -0.39 is 0 Å². The van der Waals surface area contributed by atoms with Crippen molar-refractivity contribution in [3.63, 3.8) is 0 Å². The van der Waals surface area contributed by atoms with Crippen molar-refractivity contribution in [3.8, 4) is 0 Å². The Labute approximate surface area is 117 Å². The summed E-state index contributed by atoms with van der Waals surface area (Å²) in [7, 11) is 0. The standard InChI is InChI=1S/C15H17N3O2/c19-18(20)11-1-2-12-13(8-16-15(12)7-11)14-9-17-5-3-10(14)4-6-17/h1-2,7,9-10,13,16H,3-6,8H2. The van der Waals surface area contributed by atoms with Gasteiger partial charge in [0.2, 0.25) is 0 Å². The monoisotopic (exact) mass is 271 g/mol. The Morgan fingerprint density at radius 1 is 1.30 bits per heavy atom. The van der Waals surface area contributed by atoms with E-state index in [4.69, 9.17) is 0 Å². The van der Waals surface area contributed by atoms with Gasteiger partial charge in [0.1, 0.15) is 0 Å². The number of anilines is 1. The highest BCUT2D eigenvalue weighted by molar-refractivity contribution is 5.64. The Hall–Kier alpha value is -2.04. The average Bonchev–Trinajstić information content (AvgIpc) is 2.91. The van der Waals surface area contributed by atoms with Crippen LogP contribution in [-0.4, -0.2) is 29.5 Å². The summed E-state index contributed by atoms with van der Waals surface area (Å²) in [4.78, 5) is 12.9. The molecule has 0 spiro atoms. The van der Waals surface area contributed by atoms with Crippen molar-refractivity contribution < 1.29 is 4.92 Å². The fraction of sp³-hybridized carbons (Fsp3) is 0.467. The Balaban J connectivity index is 1.70. The van der Waals surface area contributed by atoms with Crippen LogP contribution in [0.5, 0.6) is 0 Å². The number of hydrogen-bond acceptors (Lipinski definition) is 4. The molecular weight excluding hydrogens is 254 g/mol. The molecule has 1 unspecified atom stereocenters. The molecule has 4 aliphatic heterocycles. The largest absolute Gasteiger partial charge is 0.384 e. The van der Waals surface area contributed by atoms with Gasteiger partial charge in [-0.3, -0.25) is 10.1 Å². The van der Waals surface area contributed by atoms with Gasteiger partial charge in [0, 0.05) is 43.4 Å². The predicted octanol–water partition coefficient (Wildman–Crippen LogP) is 2.71. The predicted molar refractivity (Wildman–Crippen MR) is 76.7 cm³/mol. The normalized spacial score (nSPS) is 24.3. The molecule has 0 aliphatic carbocycles. The second-order valence-corrected chi connectivity index (χ2v) is 5.90. The van der Waals surface area contributed by atoms with Crippen molar-refractivity contribution in [1.82, 2.24) is 4.90 Å². The lowest BCUT2D eigenvalue weighted by molar-refractivity contribution is -0.384. The van der Waals surface area contributed by atoms with Gasteiger partial charge < -0.3 is 10.2 Å². The van der Waals surface area contributed by atoms with Gasteiger partial charge in [-0.1, -0.05) is 0 Å². The zero-order chi connectivity index (χ0) is 13.7. The third-order valence-corrected chi connectivity index (χ3v) is 4.85. The lowest BCUT2D eigenvalue weighted by atomic mass is 9.77. The van der Waals surface area contributed by atoms with Crippen LogP contribution in [0.3, 0.4) is 0 Å². The number of piperidine rings is 1. The van der Waals surface area contributed by atoms with Crippen LogP contribution in [0.25, 0.3) is 0 Å². The smallest absolute Gasteiger partial charge is 0.271 e. The maximum absolute atomic E-state index is 10.8. The highest BCUT2D eigenvalue weighted by Crippen LogP contribution is 2.45. The minimum absolute atomic E-state index is 0.166. The molecule has 5 rings (SSSR count). The van der Waals surface area contributed by atoms with E-state index in [0.29, 0.717) is 11.8 Å². The first-order valence-corrected chi connectivity index (χ1v) is 7.20. The summed E-state index contributed by atoms with van der Waals surface area (Å²) >= 11 is 0. The molecule has 5 nitrogen and oxygen atoms in total. The molecule has 2 bridgehead atoms. The molecule has 1 N–H and O–H groups in total. The molecule has 4 aliphatic rings. The van der Waals surface area contributed by atoms with Crippen molar-refractivity contribution in [3.05, 3.63) is 45.6 Å². The van der Waals surface area contributed by atoms with Crippen molar-refractivity contribution in [1.29, 1.82) is 0 Å². The van der Waals surface area contributed by atoms with E-state index in [9.17, 15) is 10.1 Å². The van der Waals surface area contributed by atoms with E-state index >= 15 is 0 Å². The molecule has 0 aromatic heterocycles. The van der Waals surface area contributed by atoms with Crippen molar-refractivity contribution in [2.24, 2.45) is 5.92 Å². The van der Waals surface area contributed by atoms with E-state index in [1.165, 1.54) is 37.1 Å². The van der Waals surface area contributed by atoms with Crippen LogP contribution in [0.2, 0.25) is 0 Å². The molecule has 1 aromatic rings. The molecule has 5 heteroatoms. The van der Waals surface area contributed by atoms with Gasteiger partial charge in [0.25, 0.3) is 5.69 Å². The number of nitro groups is 1. The van der Waals surface area contributed by atoms with Crippen molar-refractivity contribution in [2.75, 3.05) is 25.0 Å². The number of rotatable bonds is 2. The van der Waals surface area contributed by atoms with Gasteiger partial charge in [0.15, 0.2) is 0 Å². The molecule has 104 valence electrons. The van der Waals surface area contributed by atoms with Gasteiger partial charge in [0.05, 0.1) is 4.92 Å². The molecule has 1 atom stereocenters. The fourth-order valence-electron chi connectivity index (χ4n) is 3.79. The van der Waals surface area contributed by atoms with Crippen LogP contribution in [-0.2, 0) is 0 Å². The van der Waals surface area contributed by atoms with Crippen molar-refractivity contribution >= 4 is 11.4 Å². The van der Waals surface area contributed by atoms with Gasteiger partial charge >= 0.3 is 0 Å². The lowest BCUT2D eigenvalue weighted by Gasteiger charge is -2.41. The average molecular weight is 271 g/mol. The summed E-state index contributed by atoms with van der Waals surface area (Å²) in [6.07, 6.45) is 4.84. The van der Waals surface area contributed by atoms with Gasteiger partial charge in [-0.15, -0.1) is 0 Å². The van der Waals surface area contributed by atoms with Crippen LogP contribution in [0.4, 0.5) is 11.4 Å². The molecule has 20 heavy (non-hydrogen) atoms. The SMILES string of the molecule is O=[N+]([O-])c1ccc2c(c1)NCC2C1=CN2CCC1CC2. The molecule has 1 fully saturated rings. The Morgan fingerprint density at radius 3 is 2.75 bits per heavy atom. The van der Waals surface area contributed by atoms with Crippen LogP contribution in [0.1, 0.15) is 24.3 Å². The van der Waals surface area contributed by atoms with E-state index in [2.05, 4.69) is 16.4 Å². The van der Waals surface area contributed by atoms with Gasteiger partial charge in [-0.2, -0.15) is 0 Å². The minimum Gasteiger partial charge on any atom is -0.384 e. The van der Waals surface area contributed by atoms with E-state index in [1.807, 2.05) is 6.07 Å². The second-order valence-electron chi connectivity index (χ2n) is 5.90. The molecule has 1 saturated heterocycles. The Bertz CT molecular complexity index is 603. The number of hydrogen-bond donors (Lipinski definition) is 1. The first kappa shape index (κ1) is 11.8. The van der Waals surface area contributed by atoms with Crippen LogP contribution >= 0.6 is 0 Å². The summed E-state index contributed by atoms with van der Waals surface area (Å²) in [5, 5.41) is 14.2. The summed E-state index contributed by atoms with van der Waals surface area (Å²) in [6.45, 7) is 3.23. The Kier molecular flexibility index (Phi) is 2.49.